The highest BCUT2D eigenvalue weighted by atomic mass is 16.3. The molecule has 0 amide bonds. The maximum Gasteiger partial charge on any atom is 0.136 e. The summed E-state index contributed by atoms with van der Waals surface area (Å²) in [6.45, 7) is 0. The highest BCUT2D eigenvalue weighted by Gasteiger charge is 2.17. The fourth-order valence-corrected chi connectivity index (χ4v) is 7.59. The third kappa shape index (κ3) is 4.73. The third-order valence-electron chi connectivity index (χ3n) is 10.0. The molecule has 0 spiro atoms. The van der Waals surface area contributed by atoms with Crippen LogP contribution in [0.1, 0.15) is 0 Å². The zero-order valence-corrected chi connectivity index (χ0v) is 27.3. The Morgan fingerprint density at radius 1 is 0.320 bits per heavy atom. The first-order chi connectivity index (χ1) is 24.8. The molecule has 0 aliphatic rings. The molecule has 234 valence electrons. The molecule has 50 heavy (non-hydrogen) atoms. The van der Waals surface area contributed by atoms with Crippen molar-refractivity contribution in [1.82, 2.24) is 0 Å². The van der Waals surface area contributed by atoms with Gasteiger partial charge in [-0.15, -0.1) is 0 Å². The van der Waals surface area contributed by atoms with Gasteiger partial charge in [0.2, 0.25) is 0 Å². The van der Waals surface area contributed by atoms with Crippen molar-refractivity contribution in [2.45, 2.75) is 0 Å². The predicted octanol–water partition coefficient (Wildman–Crippen LogP) is 13.8. The fourth-order valence-electron chi connectivity index (χ4n) is 7.59. The summed E-state index contributed by atoms with van der Waals surface area (Å²) in [5, 5.41) is 9.76. The van der Waals surface area contributed by atoms with E-state index < -0.39 is 0 Å². The molecule has 0 fully saturated rings. The lowest BCUT2D eigenvalue weighted by molar-refractivity contribution is 0.669. The molecular formula is C48H31NO. The molecule has 1 heterocycles. The monoisotopic (exact) mass is 637 g/mol. The lowest BCUT2D eigenvalue weighted by atomic mass is 9.98. The van der Waals surface area contributed by atoms with Crippen molar-refractivity contribution in [1.29, 1.82) is 0 Å². The Morgan fingerprint density at radius 3 is 1.86 bits per heavy atom. The topological polar surface area (TPSA) is 16.4 Å². The summed E-state index contributed by atoms with van der Waals surface area (Å²) in [6, 6.07) is 67.6. The van der Waals surface area contributed by atoms with Crippen LogP contribution in [0.15, 0.2) is 192 Å². The zero-order chi connectivity index (χ0) is 33.0. The Labute approximate surface area is 290 Å². The summed E-state index contributed by atoms with van der Waals surface area (Å²) in [7, 11) is 0. The first-order valence-electron chi connectivity index (χ1n) is 17.1. The first-order valence-corrected chi connectivity index (χ1v) is 17.1. The third-order valence-corrected chi connectivity index (χ3v) is 10.0. The van der Waals surface area contributed by atoms with Gasteiger partial charge >= 0.3 is 0 Å². The summed E-state index contributed by atoms with van der Waals surface area (Å²) in [6.07, 6.45) is 0. The summed E-state index contributed by atoms with van der Waals surface area (Å²) in [5.41, 5.74) is 9.80. The van der Waals surface area contributed by atoms with Gasteiger partial charge in [0.1, 0.15) is 11.2 Å². The summed E-state index contributed by atoms with van der Waals surface area (Å²) in [4.78, 5) is 2.37. The number of fused-ring (bicyclic) bond motifs is 7. The van der Waals surface area contributed by atoms with Crippen LogP contribution in [-0.4, -0.2) is 0 Å². The maximum absolute atomic E-state index is 6.26. The minimum absolute atomic E-state index is 0.900. The van der Waals surface area contributed by atoms with Crippen molar-refractivity contribution >= 4 is 71.3 Å². The SMILES string of the molecule is c1cc(-c2cccc3oc4ccccc4c23)cc(N(c2ccc(-c3ccc4ccccc4c3)cc2)c2ccc3c(ccc4ccccc43)c2)c1. The number of benzene rings is 9. The molecule has 0 saturated carbocycles. The van der Waals surface area contributed by atoms with Gasteiger partial charge in [0.15, 0.2) is 0 Å². The molecule has 0 unspecified atom stereocenters. The highest BCUT2D eigenvalue weighted by Crippen LogP contribution is 2.42. The number of nitrogens with zero attached hydrogens (tertiary/aromatic N) is 1. The molecule has 10 aromatic rings. The van der Waals surface area contributed by atoms with Crippen molar-refractivity contribution in [2.24, 2.45) is 0 Å². The predicted molar refractivity (Wildman–Crippen MR) is 212 cm³/mol. The van der Waals surface area contributed by atoms with Crippen LogP contribution in [-0.2, 0) is 0 Å². The molecule has 1 aromatic heterocycles. The molecule has 9 aromatic carbocycles. The number of para-hydroxylation sites is 1. The van der Waals surface area contributed by atoms with Gasteiger partial charge < -0.3 is 9.32 Å². The van der Waals surface area contributed by atoms with Crippen LogP contribution >= 0.6 is 0 Å². The van der Waals surface area contributed by atoms with Gasteiger partial charge in [0, 0.05) is 27.8 Å². The van der Waals surface area contributed by atoms with Crippen LogP contribution in [0.2, 0.25) is 0 Å². The van der Waals surface area contributed by atoms with Crippen LogP contribution in [0.3, 0.4) is 0 Å². The number of anilines is 3. The van der Waals surface area contributed by atoms with Crippen molar-refractivity contribution in [3.63, 3.8) is 0 Å². The molecule has 2 nitrogen and oxygen atoms in total. The first kappa shape index (κ1) is 28.4. The quantitative estimate of drug-likeness (QED) is 0.175. The van der Waals surface area contributed by atoms with Crippen LogP contribution in [0, 0.1) is 0 Å². The molecule has 0 aliphatic heterocycles. The van der Waals surface area contributed by atoms with Crippen LogP contribution in [0.5, 0.6) is 0 Å². The molecule has 0 bridgehead atoms. The number of hydrogen-bond donors (Lipinski definition) is 0. The van der Waals surface area contributed by atoms with E-state index in [-0.39, 0.29) is 0 Å². The fraction of sp³-hybridized carbons (Fsp3) is 0. The minimum Gasteiger partial charge on any atom is -0.456 e. The summed E-state index contributed by atoms with van der Waals surface area (Å²) >= 11 is 0. The number of rotatable bonds is 5. The Bertz CT molecular complexity index is 2880. The highest BCUT2D eigenvalue weighted by molar-refractivity contribution is 6.13. The molecule has 0 N–H and O–H groups in total. The Morgan fingerprint density at radius 2 is 0.960 bits per heavy atom. The lowest BCUT2D eigenvalue weighted by Crippen LogP contribution is -2.10. The standard InChI is InChI=1S/C48H31NO/c1-2-11-35-29-36(21-19-32(35)9-1)33-23-25-39(26-24-33)49(41-27-28-43-38(31-41)22-20-34-10-3-4-14-42(34)43)40-13-7-12-37(30-40)44-16-8-18-47-48(44)45-15-5-6-17-46(45)50-47/h1-31H. The van der Waals surface area contributed by atoms with E-state index in [1.165, 1.54) is 43.4 Å². The maximum atomic E-state index is 6.26. The van der Waals surface area contributed by atoms with E-state index in [1.54, 1.807) is 0 Å². The Hall–Kier alpha value is -6.64. The zero-order valence-electron chi connectivity index (χ0n) is 27.3. The second-order valence-corrected chi connectivity index (χ2v) is 13.0. The molecule has 2 heteroatoms. The van der Waals surface area contributed by atoms with Gasteiger partial charge in [0.05, 0.1) is 0 Å². The van der Waals surface area contributed by atoms with Crippen molar-refractivity contribution in [3.05, 3.63) is 188 Å². The van der Waals surface area contributed by atoms with Crippen LogP contribution in [0.25, 0.3) is 76.5 Å². The van der Waals surface area contributed by atoms with Crippen LogP contribution < -0.4 is 4.90 Å². The van der Waals surface area contributed by atoms with E-state index >= 15 is 0 Å². The number of furan rings is 1. The Kier molecular flexibility index (Phi) is 6.53. The normalized spacial score (nSPS) is 11.6. The van der Waals surface area contributed by atoms with E-state index in [2.05, 4.69) is 181 Å². The molecule has 0 aliphatic carbocycles. The van der Waals surface area contributed by atoms with Crippen molar-refractivity contribution < 1.29 is 4.42 Å². The van der Waals surface area contributed by atoms with E-state index in [0.717, 1.165) is 50.1 Å². The lowest BCUT2D eigenvalue weighted by Gasteiger charge is -2.27. The van der Waals surface area contributed by atoms with E-state index in [1.807, 2.05) is 12.1 Å². The molecule has 0 atom stereocenters. The average molecular weight is 638 g/mol. The summed E-state index contributed by atoms with van der Waals surface area (Å²) < 4.78 is 6.26. The van der Waals surface area contributed by atoms with Gasteiger partial charge in [-0.3, -0.25) is 0 Å². The smallest absolute Gasteiger partial charge is 0.136 e. The molecular weight excluding hydrogens is 607 g/mol. The van der Waals surface area contributed by atoms with Gasteiger partial charge in [-0.05, 0) is 109 Å². The van der Waals surface area contributed by atoms with Gasteiger partial charge in [-0.2, -0.15) is 0 Å². The van der Waals surface area contributed by atoms with E-state index in [9.17, 15) is 0 Å². The molecule has 0 saturated heterocycles. The number of hydrogen-bond acceptors (Lipinski definition) is 2. The van der Waals surface area contributed by atoms with Crippen molar-refractivity contribution in [2.75, 3.05) is 4.90 Å². The van der Waals surface area contributed by atoms with E-state index in [0.29, 0.717) is 0 Å². The average Bonchev–Trinajstić information content (AvgIpc) is 3.57. The van der Waals surface area contributed by atoms with Gasteiger partial charge in [-0.1, -0.05) is 133 Å². The second kappa shape index (κ2) is 11.5. The summed E-state index contributed by atoms with van der Waals surface area (Å²) in [5.74, 6) is 0. The molecule has 0 radical (unpaired) electrons. The van der Waals surface area contributed by atoms with Gasteiger partial charge in [-0.25, -0.2) is 0 Å². The van der Waals surface area contributed by atoms with Gasteiger partial charge in [0.25, 0.3) is 0 Å². The Balaban J connectivity index is 1.13. The van der Waals surface area contributed by atoms with Crippen molar-refractivity contribution in [3.8, 4) is 22.3 Å². The van der Waals surface area contributed by atoms with E-state index in [4.69, 9.17) is 4.42 Å². The van der Waals surface area contributed by atoms with Crippen LogP contribution in [0.4, 0.5) is 17.1 Å². The minimum atomic E-state index is 0.900. The molecule has 10 rings (SSSR count). The largest absolute Gasteiger partial charge is 0.456 e. The second-order valence-electron chi connectivity index (χ2n) is 13.0.